The number of sulfonamides is 1. The molecule has 1 aromatic heterocycles. The van der Waals surface area contributed by atoms with Crippen molar-refractivity contribution in [2.45, 2.75) is 44.4 Å². The van der Waals surface area contributed by atoms with Gasteiger partial charge in [0.05, 0.1) is 12.6 Å². The molecule has 1 unspecified atom stereocenters. The Hall–Kier alpha value is -1.29. The lowest BCUT2D eigenvalue weighted by Gasteiger charge is -2.10. The summed E-state index contributed by atoms with van der Waals surface area (Å²) in [5.74, 6) is 3.00. The zero-order valence-electron chi connectivity index (χ0n) is 11.3. The molecule has 0 bridgehead atoms. The molecule has 0 spiro atoms. The third kappa shape index (κ3) is 4.71. The molecule has 0 radical (unpaired) electrons. The molecule has 6 heteroatoms. The molecule has 0 amide bonds. The Morgan fingerprint density at radius 3 is 2.74 bits per heavy atom. The minimum Gasteiger partial charge on any atom is -0.447 e. The van der Waals surface area contributed by atoms with Crippen molar-refractivity contribution in [3.8, 4) is 12.3 Å². The standard InChI is InChI=1S/C13H20N2O3S/c1-4-7-11(5-2)15-19(16,17)13-9-8-12(18-13)10-14-6-3/h2,8-9,11,14-15H,4,6-7,10H2,1,3H3. The highest BCUT2D eigenvalue weighted by molar-refractivity contribution is 7.89. The molecule has 0 aliphatic heterocycles. The van der Waals surface area contributed by atoms with Gasteiger partial charge in [0.2, 0.25) is 5.09 Å². The Balaban J connectivity index is 2.77. The number of nitrogens with one attached hydrogen (secondary N) is 2. The van der Waals surface area contributed by atoms with E-state index in [2.05, 4.69) is 16.0 Å². The Labute approximate surface area is 114 Å². The van der Waals surface area contributed by atoms with Crippen LogP contribution in [0.1, 0.15) is 32.4 Å². The third-order valence-electron chi connectivity index (χ3n) is 2.53. The van der Waals surface area contributed by atoms with Crippen molar-refractivity contribution >= 4 is 10.0 Å². The van der Waals surface area contributed by atoms with E-state index in [1.165, 1.54) is 6.07 Å². The lowest BCUT2D eigenvalue weighted by Crippen LogP contribution is -2.33. The molecule has 0 saturated carbocycles. The van der Waals surface area contributed by atoms with E-state index in [-0.39, 0.29) is 5.09 Å². The predicted molar refractivity (Wildman–Crippen MR) is 73.9 cm³/mol. The van der Waals surface area contributed by atoms with Crippen LogP contribution >= 0.6 is 0 Å². The predicted octanol–water partition coefficient (Wildman–Crippen LogP) is 1.47. The number of terminal acetylenes is 1. The zero-order chi connectivity index (χ0) is 14.3. The molecule has 0 aliphatic carbocycles. The van der Waals surface area contributed by atoms with E-state index in [0.29, 0.717) is 18.7 Å². The maximum Gasteiger partial charge on any atom is 0.275 e. The second kappa shape index (κ2) is 7.34. The highest BCUT2D eigenvalue weighted by Gasteiger charge is 2.21. The SMILES string of the molecule is C#CC(CCC)NS(=O)(=O)c1ccc(CNCC)o1. The second-order valence-electron chi connectivity index (χ2n) is 4.13. The maximum atomic E-state index is 12.0. The molecule has 1 atom stereocenters. The molecule has 0 aromatic carbocycles. The van der Waals surface area contributed by atoms with Gasteiger partial charge in [-0.3, -0.25) is 0 Å². The number of hydrogen-bond acceptors (Lipinski definition) is 4. The highest BCUT2D eigenvalue weighted by atomic mass is 32.2. The van der Waals surface area contributed by atoms with Crippen molar-refractivity contribution < 1.29 is 12.8 Å². The zero-order valence-corrected chi connectivity index (χ0v) is 12.1. The minimum atomic E-state index is -3.68. The van der Waals surface area contributed by atoms with Gasteiger partial charge in [0.15, 0.2) is 0 Å². The van der Waals surface area contributed by atoms with E-state index < -0.39 is 16.1 Å². The largest absolute Gasteiger partial charge is 0.447 e. The molecule has 0 aliphatic rings. The van der Waals surface area contributed by atoms with E-state index in [1.54, 1.807) is 6.07 Å². The Kier molecular flexibility index (Phi) is 6.09. The van der Waals surface area contributed by atoms with Gasteiger partial charge in [-0.15, -0.1) is 6.42 Å². The number of rotatable bonds is 8. The first-order chi connectivity index (χ1) is 9.03. The van der Waals surface area contributed by atoms with Crippen LogP contribution in [0.25, 0.3) is 0 Å². The van der Waals surface area contributed by atoms with Crippen LogP contribution in [0.3, 0.4) is 0 Å². The van der Waals surface area contributed by atoms with Crippen LogP contribution in [-0.4, -0.2) is 21.0 Å². The Bertz CT molecular complexity index is 528. The van der Waals surface area contributed by atoms with E-state index in [9.17, 15) is 8.42 Å². The summed E-state index contributed by atoms with van der Waals surface area (Å²) in [7, 11) is -3.68. The molecule has 106 valence electrons. The fourth-order valence-electron chi connectivity index (χ4n) is 1.56. The van der Waals surface area contributed by atoms with Crippen molar-refractivity contribution in [3.63, 3.8) is 0 Å². The first-order valence-electron chi connectivity index (χ1n) is 6.31. The smallest absolute Gasteiger partial charge is 0.275 e. The van der Waals surface area contributed by atoms with Crippen LogP contribution in [0.15, 0.2) is 21.6 Å². The van der Waals surface area contributed by atoms with Gasteiger partial charge in [0.1, 0.15) is 5.76 Å². The van der Waals surface area contributed by atoms with E-state index in [1.807, 2.05) is 13.8 Å². The Morgan fingerprint density at radius 1 is 1.42 bits per heavy atom. The summed E-state index contributed by atoms with van der Waals surface area (Å²) < 4.78 is 31.8. The van der Waals surface area contributed by atoms with Crippen molar-refractivity contribution in [1.82, 2.24) is 10.0 Å². The fraction of sp³-hybridized carbons (Fsp3) is 0.538. The fourth-order valence-corrected chi connectivity index (χ4v) is 2.70. The molecule has 2 N–H and O–H groups in total. The summed E-state index contributed by atoms with van der Waals surface area (Å²) in [6.07, 6.45) is 6.70. The first-order valence-corrected chi connectivity index (χ1v) is 7.79. The number of hydrogen-bond donors (Lipinski definition) is 2. The van der Waals surface area contributed by atoms with Gasteiger partial charge < -0.3 is 9.73 Å². The van der Waals surface area contributed by atoms with Gasteiger partial charge in [-0.2, -0.15) is 4.72 Å². The summed E-state index contributed by atoms with van der Waals surface area (Å²) in [5.41, 5.74) is 0. The Morgan fingerprint density at radius 2 is 2.16 bits per heavy atom. The highest BCUT2D eigenvalue weighted by Crippen LogP contribution is 2.14. The summed E-state index contributed by atoms with van der Waals surface area (Å²) in [6.45, 7) is 5.20. The summed E-state index contributed by atoms with van der Waals surface area (Å²) in [6, 6.07) is 2.58. The normalized spacial score (nSPS) is 13.1. The van der Waals surface area contributed by atoms with E-state index in [4.69, 9.17) is 10.8 Å². The van der Waals surface area contributed by atoms with Crippen LogP contribution in [0, 0.1) is 12.3 Å². The summed E-state index contributed by atoms with van der Waals surface area (Å²) in [5, 5.41) is 2.96. The molecule has 1 aromatic rings. The molecule has 19 heavy (non-hydrogen) atoms. The number of furan rings is 1. The van der Waals surface area contributed by atoms with Gasteiger partial charge >= 0.3 is 0 Å². The van der Waals surface area contributed by atoms with Gasteiger partial charge in [-0.25, -0.2) is 8.42 Å². The van der Waals surface area contributed by atoms with Crippen LogP contribution in [0.2, 0.25) is 0 Å². The van der Waals surface area contributed by atoms with Crippen molar-refractivity contribution in [3.05, 3.63) is 17.9 Å². The van der Waals surface area contributed by atoms with Gasteiger partial charge in [0.25, 0.3) is 10.0 Å². The van der Waals surface area contributed by atoms with Crippen LogP contribution in [0.4, 0.5) is 0 Å². The summed E-state index contributed by atoms with van der Waals surface area (Å²) >= 11 is 0. The third-order valence-corrected chi connectivity index (χ3v) is 3.87. The molecule has 1 heterocycles. The molecule has 0 fully saturated rings. The molecular formula is C13H20N2O3S. The average molecular weight is 284 g/mol. The van der Waals surface area contributed by atoms with Gasteiger partial charge in [-0.05, 0) is 25.1 Å². The monoisotopic (exact) mass is 284 g/mol. The van der Waals surface area contributed by atoms with Crippen molar-refractivity contribution in [1.29, 1.82) is 0 Å². The van der Waals surface area contributed by atoms with Crippen molar-refractivity contribution in [2.24, 2.45) is 0 Å². The van der Waals surface area contributed by atoms with Gasteiger partial charge in [0, 0.05) is 0 Å². The van der Waals surface area contributed by atoms with Crippen LogP contribution < -0.4 is 10.0 Å². The average Bonchev–Trinajstić information content (AvgIpc) is 2.85. The quantitative estimate of drug-likeness (QED) is 0.709. The molecular weight excluding hydrogens is 264 g/mol. The van der Waals surface area contributed by atoms with Crippen LogP contribution in [-0.2, 0) is 16.6 Å². The lowest BCUT2D eigenvalue weighted by molar-refractivity contribution is 0.400. The van der Waals surface area contributed by atoms with Gasteiger partial charge in [-0.1, -0.05) is 26.2 Å². The maximum absolute atomic E-state index is 12.0. The molecule has 1 rings (SSSR count). The summed E-state index contributed by atoms with van der Waals surface area (Å²) in [4.78, 5) is 0. The molecule has 5 nitrogen and oxygen atoms in total. The lowest BCUT2D eigenvalue weighted by atomic mass is 10.2. The van der Waals surface area contributed by atoms with E-state index in [0.717, 1.165) is 13.0 Å². The van der Waals surface area contributed by atoms with Crippen molar-refractivity contribution in [2.75, 3.05) is 6.54 Å². The van der Waals surface area contributed by atoms with Crippen LogP contribution in [0.5, 0.6) is 0 Å². The first kappa shape index (κ1) is 15.8. The topological polar surface area (TPSA) is 71.3 Å². The minimum absolute atomic E-state index is 0.100. The molecule has 0 saturated heterocycles. The second-order valence-corrected chi connectivity index (χ2v) is 5.78. The van der Waals surface area contributed by atoms with E-state index >= 15 is 0 Å².